The standard InChI is InChI=1S/C27H20F6N2O2S2/c28-26(29,30)25(27(31,32)33,15-1-11-23(21(36)13-15)38-19-7-3-17(34)4-8-19)16-2-12-24(22(37)14-16)39-20-9-5-18(35)6-10-20/h1-14,36-37H,34-35H2. The molecule has 0 aromatic heterocycles. The van der Waals surface area contributed by atoms with Crippen LogP contribution in [-0.4, -0.2) is 22.6 Å². The fourth-order valence-electron chi connectivity index (χ4n) is 3.98. The van der Waals surface area contributed by atoms with Crippen LogP contribution in [0.4, 0.5) is 37.7 Å². The van der Waals surface area contributed by atoms with Crippen molar-refractivity contribution in [1.82, 2.24) is 0 Å². The van der Waals surface area contributed by atoms with E-state index >= 15 is 0 Å². The van der Waals surface area contributed by atoms with Gasteiger partial charge < -0.3 is 21.7 Å². The molecule has 0 atom stereocenters. The molecule has 0 spiro atoms. The molecule has 0 aliphatic rings. The lowest BCUT2D eigenvalue weighted by atomic mass is 9.72. The minimum absolute atomic E-state index is 0.0415. The van der Waals surface area contributed by atoms with Gasteiger partial charge in [0.05, 0.1) is 9.79 Å². The van der Waals surface area contributed by atoms with Gasteiger partial charge in [-0.2, -0.15) is 26.3 Å². The van der Waals surface area contributed by atoms with E-state index in [0.29, 0.717) is 45.4 Å². The highest BCUT2D eigenvalue weighted by Crippen LogP contribution is 2.58. The van der Waals surface area contributed by atoms with Crippen LogP contribution in [0.15, 0.2) is 105 Å². The van der Waals surface area contributed by atoms with Crippen LogP contribution >= 0.6 is 23.5 Å². The van der Waals surface area contributed by atoms with Gasteiger partial charge in [-0.15, -0.1) is 0 Å². The molecule has 0 saturated carbocycles. The van der Waals surface area contributed by atoms with Gasteiger partial charge in [-0.1, -0.05) is 35.7 Å². The molecule has 0 aliphatic carbocycles. The Morgan fingerprint density at radius 2 is 0.846 bits per heavy atom. The number of nitrogen functional groups attached to an aromatic ring is 2. The van der Waals surface area contributed by atoms with Crippen LogP contribution in [0.1, 0.15) is 11.1 Å². The van der Waals surface area contributed by atoms with Gasteiger partial charge in [-0.05, 0) is 83.9 Å². The lowest BCUT2D eigenvalue weighted by Gasteiger charge is -2.38. The minimum atomic E-state index is -5.89. The number of aromatic hydroxyl groups is 2. The van der Waals surface area contributed by atoms with Gasteiger partial charge in [-0.3, -0.25) is 0 Å². The molecule has 0 fully saturated rings. The van der Waals surface area contributed by atoms with E-state index in [-0.39, 0.29) is 9.79 Å². The number of alkyl halides is 6. The average molecular weight is 583 g/mol. The number of phenolic OH excluding ortho intramolecular Hbond substituents is 2. The number of rotatable bonds is 6. The van der Waals surface area contributed by atoms with Crippen LogP contribution in [0.2, 0.25) is 0 Å². The molecule has 0 bridgehead atoms. The summed E-state index contributed by atoms with van der Waals surface area (Å²) in [6.07, 6.45) is -11.8. The van der Waals surface area contributed by atoms with Gasteiger partial charge in [0.2, 0.25) is 5.41 Å². The number of benzene rings is 4. The van der Waals surface area contributed by atoms with E-state index in [1.54, 1.807) is 48.5 Å². The Bertz CT molecular complexity index is 1360. The highest BCUT2D eigenvalue weighted by Gasteiger charge is 2.72. The number of halogens is 6. The molecular weight excluding hydrogens is 562 g/mol. The lowest BCUT2D eigenvalue weighted by molar-refractivity contribution is -0.288. The first kappa shape index (κ1) is 28.4. The van der Waals surface area contributed by atoms with Crippen LogP contribution in [0.3, 0.4) is 0 Å². The van der Waals surface area contributed by atoms with Crippen molar-refractivity contribution in [2.24, 2.45) is 0 Å². The largest absolute Gasteiger partial charge is 0.507 e. The summed E-state index contributed by atoms with van der Waals surface area (Å²) in [6.45, 7) is 0. The first-order valence-electron chi connectivity index (χ1n) is 11.1. The maximum absolute atomic E-state index is 14.6. The van der Waals surface area contributed by atoms with Crippen molar-refractivity contribution in [3.8, 4) is 11.5 Å². The molecule has 0 heterocycles. The predicted molar refractivity (Wildman–Crippen MR) is 139 cm³/mol. The van der Waals surface area contributed by atoms with Crippen LogP contribution in [0, 0.1) is 0 Å². The van der Waals surface area contributed by atoms with Gasteiger partial charge in [-0.25, -0.2) is 0 Å². The quantitative estimate of drug-likeness (QED) is 0.136. The molecule has 0 aliphatic heterocycles. The summed E-state index contributed by atoms with van der Waals surface area (Å²) in [7, 11) is 0. The lowest BCUT2D eigenvalue weighted by Crippen LogP contribution is -2.54. The molecular formula is C27H20F6N2O2S2. The number of anilines is 2. The van der Waals surface area contributed by atoms with E-state index in [1.807, 2.05) is 0 Å². The van der Waals surface area contributed by atoms with Gasteiger partial charge >= 0.3 is 12.4 Å². The molecule has 204 valence electrons. The number of nitrogens with two attached hydrogens (primary N) is 2. The molecule has 0 radical (unpaired) electrons. The Balaban J connectivity index is 1.80. The van der Waals surface area contributed by atoms with Crippen LogP contribution < -0.4 is 11.5 Å². The fourth-order valence-corrected chi connectivity index (χ4v) is 5.63. The van der Waals surface area contributed by atoms with Crippen LogP contribution in [0.25, 0.3) is 0 Å². The monoisotopic (exact) mass is 582 g/mol. The molecule has 4 aromatic rings. The molecule has 4 nitrogen and oxygen atoms in total. The second-order valence-corrected chi connectivity index (χ2v) is 10.7. The van der Waals surface area contributed by atoms with E-state index in [2.05, 4.69) is 0 Å². The minimum Gasteiger partial charge on any atom is -0.507 e. The number of phenols is 2. The summed E-state index contributed by atoms with van der Waals surface area (Å²) in [4.78, 5) is 1.20. The van der Waals surface area contributed by atoms with Crippen LogP contribution in [0.5, 0.6) is 11.5 Å². The maximum Gasteiger partial charge on any atom is 0.411 e. The first-order valence-corrected chi connectivity index (χ1v) is 12.7. The summed E-state index contributed by atoms with van der Waals surface area (Å²) < 4.78 is 87.4. The zero-order chi connectivity index (χ0) is 28.6. The zero-order valence-corrected chi connectivity index (χ0v) is 21.3. The van der Waals surface area contributed by atoms with Crippen molar-refractivity contribution in [2.75, 3.05) is 11.5 Å². The second kappa shape index (κ2) is 10.5. The molecule has 6 N–H and O–H groups in total. The summed E-state index contributed by atoms with van der Waals surface area (Å²) in [5.41, 5.74) is 5.12. The van der Waals surface area contributed by atoms with Crippen molar-refractivity contribution in [3.63, 3.8) is 0 Å². The van der Waals surface area contributed by atoms with Crippen molar-refractivity contribution in [2.45, 2.75) is 37.3 Å². The maximum atomic E-state index is 14.6. The summed E-state index contributed by atoms with van der Waals surface area (Å²) in [5, 5.41) is 21.0. The Kier molecular flexibility index (Phi) is 7.63. The molecule has 0 unspecified atom stereocenters. The van der Waals surface area contributed by atoms with Crippen molar-refractivity contribution >= 4 is 34.9 Å². The Hall–Kier alpha value is -3.64. The second-order valence-electron chi connectivity index (χ2n) is 8.45. The van der Waals surface area contributed by atoms with E-state index < -0.39 is 40.4 Å². The van der Waals surface area contributed by atoms with Crippen molar-refractivity contribution in [1.29, 1.82) is 0 Å². The van der Waals surface area contributed by atoms with Crippen molar-refractivity contribution < 1.29 is 36.6 Å². The highest BCUT2D eigenvalue weighted by molar-refractivity contribution is 7.99. The predicted octanol–water partition coefficient (Wildman–Crippen LogP) is 7.98. The van der Waals surface area contributed by atoms with E-state index in [9.17, 15) is 36.6 Å². The molecule has 12 heteroatoms. The van der Waals surface area contributed by atoms with Crippen molar-refractivity contribution in [3.05, 3.63) is 96.1 Å². The van der Waals surface area contributed by atoms with E-state index in [4.69, 9.17) is 11.5 Å². The fraction of sp³-hybridized carbons (Fsp3) is 0.111. The van der Waals surface area contributed by atoms with Gasteiger partial charge in [0.1, 0.15) is 11.5 Å². The highest BCUT2D eigenvalue weighted by atomic mass is 32.2. The Labute approximate surface area is 227 Å². The molecule has 4 rings (SSSR count). The summed E-state index contributed by atoms with van der Waals surface area (Å²) in [5.74, 6) is -1.54. The van der Waals surface area contributed by atoms with Gasteiger partial charge in [0.25, 0.3) is 0 Å². The molecule has 0 saturated heterocycles. The summed E-state index contributed by atoms with van der Waals surface area (Å²) >= 11 is 1.88. The normalized spacial score (nSPS) is 12.5. The van der Waals surface area contributed by atoms with E-state index in [1.165, 1.54) is 0 Å². The Morgan fingerprint density at radius 1 is 0.513 bits per heavy atom. The third-order valence-electron chi connectivity index (χ3n) is 5.85. The van der Waals surface area contributed by atoms with E-state index in [0.717, 1.165) is 35.7 Å². The van der Waals surface area contributed by atoms with Gasteiger partial charge in [0, 0.05) is 21.2 Å². The average Bonchev–Trinajstić information content (AvgIpc) is 2.84. The van der Waals surface area contributed by atoms with Crippen LogP contribution in [-0.2, 0) is 5.41 Å². The Morgan fingerprint density at radius 3 is 1.13 bits per heavy atom. The topological polar surface area (TPSA) is 92.5 Å². The van der Waals surface area contributed by atoms with Gasteiger partial charge in [0.15, 0.2) is 0 Å². The number of hydrogen-bond acceptors (Lipinski definition) is 6. The zero-order valence-electron chi connectivity index (χ0n) is 19.7. The number of hydrogen-bond donors (Lipinski definition) is 4. The third-order valence-corrected chi connectivity index (χ3v) is 8.00. The third kappa shape index (κ3) is 5.57. The SMILES string of the molecule is Nc1ccc(Sc2ccc(C(c3ccc(Sc4ccc(N)cc4)c(O)c3)(C(F)(F)F)C(F)(F)F)cc2O)cc1. The smallest absolute Gasteiger partial charge is 0.411 e. The molecule has 0 amide bonds. The molecule has 39 heavy (non-hydrogen) atoms. The molecule has 4 aromatic carbocycles. The summed E-state index contributed by atoms with van der Waals surface area (Å²) in [6, 6.07) is 16.9. The first-order chi connectivity index (χ1) is 18.2.